The van der Waals surface area contributed by atoms with E-state index in [0.717, 1.165) is 50.6 Å². The van der Waals surface area contributed by atoms with Gasteiger partial charge in [-0.1, -0.05) is 66.2 Å². The molecule has 6 rings (SSSR count). The van der Waals surface area contributed by atoms with E-state index in [1.165, 1.54) is 4.52 Å². The molecule has 0 bridgehead atoms. The Morgan fingerprint density at radius 3 is 2.62 bits per heavy atom. The number of hydrogen-bond acceptors (Lipinski definition) is 4. The molecule has 40 heavy (non-hydrogen) atoms. The molecule has 0 amide bonds. The fourth-order valence-electron chi connectivity index (χ4n) is 5.19. The Balaban J connectivity index is 1.48. The summed E-state index contributed by atoms with van der Waals surface area (Å²) in [7, 11) is 1.95. The predicted octanol–water partition coefficient (Wildman–Crippen LogP) is 5.43. The predicted molar refractivity (Wildman–Crippen MR) is 161 cm³/mol. The molecule has 9 heteroatoms. The zero-order valence-corrected chi connectivity index (χ0v) is 23.0. The number of halogens is 1. The fraction of sp³-hybridized carbons (Fsp3) is 0.129. The first-order chi connectivity index (χ1) is 19.4. The normalized spacial score (nSPS) is 12.2. The Bertz CT molecular complexity index is 2110. The molecule has 6 aromatic rings. The molecule has 0 saturated heterocycles. The molecule has 0 unspecified atom stereocenters. The number of nitrogens with zero attached hydrogens (tertiary/aromatic N) is 7. The van der Waals surface area contributed by atoms with Crippen LogP contribution >= 0.6 is 11.6 Å². The Kier molecular flexibility index (Phi) is 6.40. The van der Waals surface area contributed by atoms with Crippen LogP contribution in [-0.4, -0.2) is 28.7 Å². The van der Waals surface area contributed by atoms with Crippen molar-refractivity contribution in [3.8, 4) is 0 Å². The average molecular weight is 549 g/mol. The molecular weight excluding hydrogens is 522 g/mol. The van der Waals surface area contributed by atoms with E-state index in [1.807, 2.05) is 97.5 Å². The van der Waals surface area contributed by atoms with Gasteiger partial charge < -0.3 is 4.57 Å². The van der Waals surface area contributed by atoms with Crippen molar-refractivity contribution in [2.24, 2.45) is 7.05 Å². The number of hydrogen-bond donors (Lipinski definition) is 0. The van der Waals surface area contributed by atoms with Gasteiger partial charge in [-0.2, -0.15) is 9.61 Å². The average Bonchev–Trinajstić information content (AvgIpc) is 3.43. The third kappa shape index (κ3) is 4.04. The summed E-state index contributed by atoms with van der Waals surface area (Å²) in [6.07, 6.45) is 11.6. The molecule has 8 nitrogen and oxygen atoms in total. The van der Waals surface area contributed by atoms with Crippen LogP contribution < -0.4 is 10.1 Å². The minimum absolute atomic E-state index is 0.130. The largest absolute Gasteiger partial charge is 0.328 e. The number of imidazole rings is 1. The Labute approximate surface area is 235 Å². The summed E-state index contributed by atoms with van der Waals surface area (Å²) >= 11 is 6.23. The third-order valence-corrected chi connectivity index (χ3v) is 7.22. The van der Waals surface area contributed by atoms with Gasteiger partial charge in [-0.15, -0.1) is 0 Å². The van der Waals surface area contributed by atoms with Gasteiger partial charge in [-0.05, 0) is 43.3 Å². The molecule has 4 aromatic heterocycles. The zero-order chi connectivity index (χ0) is 28.0. The molecule has 198 valence electrons. The summed E-state index contributed by atoms with van der Waals surface area (Å²) in [6.45, 7) is 10.9. The lowest BCUT2D eigenvalue weighted by atomic mass is 10.2. The van der Waals surface area contributed by atoms with Gasteiger partial charge in [0.15, 0.2) is 5.52 Å². The Morgan fingerprint density at radius 2 is 1.82 bits per heavy atom. The number of aryl methyl sites for hydroxylation is 2. The summed E-state index contributed by atoms with van der Waals surface area (Å²) in [5.41, 5.74) is 6.11. The van der Waals surface area contributed by atoms with Crippen LogP contribution in [0.1, 0.15) is 17.1 Å². The lowest BCUT2D eigenvalue weighted by Crippen LogP contribution is -2.36. The summed E-state index contributed by atoms with van der Waals surface area (Å²) in [5, 5.41) is 5.80. The summed E-state index contributed by atoms with van der Waals surface area (Å²) < 4.78 is 7.64. The summed E-state index contributed by atoms with van der Waals surface area (Å²) in [6, 6.07) is 13.1. The second-order valence-corrected chi connectivity index (χ2v) is 9.93. The molecule has 0 N–H and O–H groups in total. The van der Waals surface area contributed by atoms with Gasteiger partial charge in [0.1, 0.15) is 11.2 Å². The molecule has 0 aliphatic heterocycles. The van der Waals surface area contributed by atoms with E-state index >= 15 is 0 Å². The van der Waals surface area contributed by atoms with Gasteiger partial charge in [0.25, 0.3) is 11.2 Å². The minimum atomic E-state index is -0.130. The van der Waals surface area contributed by atoms with Crippen molar-refractivity contribution in [1.29, 1.82) is 0 Å². The number of allylic oxidation sites excluding steroid dienone is 4. The van der Waals surface area contributed by atoms with E-state index in [1.54, 1.807) is 0 Å². The molecule has 0 spiro atoms. The van der Waals surface area contributed by atoms with Crippen LogP contribution in [0.2, 0.25) is 5.02 Å². The van der Waals surface area contributed by atoms with Crippen molar-refractivity contribution in [2.45, 2.75) is 20.0 Å². The van der Waals surface area contributed by atoms with Crippen LogP contribution in [0.25, 0.3) is 51.0 Å². The first-order valence-electron chi connectivity index (χ1n) is 12.9. The van der Waals surface area contributed by atoms with Crippen LogP contribution in [0, 0.1) is 6.92 Å². The van der Waals surface area contributed by atoms with E-state index < -0.39 is 0 Å². The van der Waals surface area contributed by atoms with Crippen molar-refractivity contribution in [3.05, 3.63) is 112 Å². The van der Waals surface area contributed by atoms with Gasteiger partial charge >= 0.3 is 5.65 Å². The summed E-state index contributed by atoms with van der Waals surface area (Å²) in [4.78, 5) is 22.9. The van der Waals surface area contributed by atoms with Gasteiger partial charge in [0.05, 0.1) is 29.7 Å². The van der Waals surface area contributed by atoms with E-state index in [2.05, 4.69) is 27.4 Å². The van der Waals surface area contributed by atoms with Gasteiger partial charge in [-0.3, -0.25) is 4.79 Å². The van der Waals surface area contributed by atoms with Gasteiger partial charge in [0.2, 0.25) is 5.82 Å². The molecule has 2 aromatic carbocycles. The smallest absolute Gasteiger partial charge is 0.323 e. The van der Waals surface area contributed by atoms with E-state index in [-0.39, 0.29) is 5.56 Å². The molecule has 0 aliphatic rings. The van der Waals surface area contributed by atoms with E-state index in [9.17, 15) is 4.79 Å². The lowest BCUT2D eigenvalue weighted by molar-refractivity contribution is -0.665. The SMILES string of the molecule is C=CCn1c(/C=C/C=C/c2c(C)nn3c(=O)c4ccccc4n(C)c23)[n+](CC=C)c2nc3ccc(Cl)cc3nc21. The highest BCUT2D eigenvalue weighted by Gasteiger charge is 2.24. The maximum absolute atomic E-state index is 13.1. The second kappa shape index (κ2) is 10.1. The molecule has 0 fully saturated rings. The van der Waals surface area contributed by atoms with E-state index in [4.69, 9.17) is 21.6 Å². The topological polar surface area (TPSA) is 73.9 Å². The molecular formula is C31H27ClN7O+. The molecule has 4 heterocycles. The Hall–Kier alpha value is -4.82. The van der Waals surface area contributed by atoms with Crippen LogP contribution in [0.15, 0.2) is 84.7 Å². The van der Waals surface area contributed by atoms with Crippen molar-refractivity contribution >= 4 is 62.6 Å². The number of benzene rings is 2. The number of para-hydroxylation sites is 1. The number of fused-ring (bicyclic) bond motifs is 4. The molecule has 0 saturated carbocycles. The monoisotopic (exact) mass is 548 g/mol. The van der Waals surface area contributed by atoms with Crippen molar-refractivity contribution in [1.82, 2.24) is 28.7 Å². The molecule has 0 atom stereocenters. The minimum Gasteiger partial charge on any atom is -0.328 e. The van der Waals surface area contributed by atoms with Crippen molar-refractivity contribution in [2.75, 3.05) is 0 Å². The quantitative estimate of drug-likeness (QED) is 0.151. The number of rotatable bonds is 7. The summed E-state index contributed by atoms with van der Waals surface area (Å²) in [5.74, 6) is 0.899. The van der Waals surface area contributed by atoms with Gasteiger partial charge in [-0.25, -0.2) is 14.1 Å². The standard InChI is InChI=1S/C31H27ClN7O/c1-5-17-37-27(38(18-6-2)29-28(37)33-24-16-15-21(32)19-25(24)34-29)14-10-8-11-22-20(3)35-39-30(22)36(4)26-13-9-7-12-23(26)31(39)40/h5-16,19H,1-2,17-18H2,3-4H3/q+1. The molecule has 0 aliphatic carbocycles. The van der Waals surface area contributed by atoms with Crippen LogP contribution in [0.4, 0.5) is 0 Å². The van der Waals surface area contributed by atoms with E-state index in [0.29, 0.717) is 23.5 Å². The molecule has 0 radical (unpaired) electrons. The Morgan fingerprint density at radius 1 is 1.02 bits per heavy atom. The highest BCUT2D eigenvalue weighted by atomic mass is 35.5. The first kappa shape index (κ1) is 25.5. The van der Waals surface area contributed by atoms with Crippen molar-refractivity contribution < 1.29 is 4.57 Å². The van der Waals surface area contributed by atoms with Crippen LogP contribution in [0.3, 0.4) is 0 Å². The number of aromatic nitrogens is 7. The van der Waals surface area contributed by atoms with Crippen LogP contribution in [-0.2, 0) is 20.1 Å². The maximum Gasteiger partial charge on any atom is 0.323 e. The highest BCUT2D eigenvalue weighted by molar-refractivity contribution is 6.31. The zero-order valence-electron chi connectivity index (χ0n) is 22.3. The maximum atomic E-state index is 13.1. The first-order valence-corrected chi connectivity index (χ1v) is 13.2. The van der Waals surface area contributed by atoms with Crippen molar-refractivity contribution in [3.63, 3.8) is 0 Å². The second-order valence-electron chi connectivity index (χ2n) is 9.49. The lowest BCUT2D eigenvalue weighted by Gasteiger charge is -2.08. The van der Waals surface area contributed by atoms with Crippen LogP contribution in [0.5, 0.6) is 0 Å². The third-order valence-electron chi connectivity index (χ3n) is 6.98. The fourth-order valence-corrected chi connectivity index (χ4v) is 5.35. The van der Waals surface area contributed by atoms with Gasteiger partial charge in [0, 0.05) is 23.7 Å². The highest BCUT2D eigenvalue weighted by Crippen LogP contribution is 2.22.